The summed E-state index contributed by atoms with van der Waals surface area (Å²) in [4.78, 5) is 10.5. The van der Waals surface area contributed by atoms with Gasteiger partial charge in [-0.25, -0.2) is 13.2 Å². The molecular formula is C8H8BrNO4S. The number of sulfone groups is 1. The summed E-state index contributed by atoms with van der Waals surface area (Å²) < 4.78 is 22.9. The summed E-state index contributed by atoms with van der Waals surface area (Å²) in [5, 5.41) is 10.6. The maximum atomic E-state index is 11.2. The molecule has 1 rings (SSSR count). The Morgan fingerprint density at radius 1 is 1.47 bits per heavy atom. The Morgan fingerprint density at radius 3 is 2.53 bits per heavy atom. The van der Waals surface area contributed by atoms with E-state index in [1.807, 2.05) is 0 Å². The molecule has 0 aliphatic carbocycles. The predicted molar refractivity (Wildman–Crippen MR) is 58.9 cm³/mol. The van der Waals surface area contributed by atoms with Crippen LogP contribution in [0.1, 0.15) is 0 Å². The lowest BCUT2D eigenvalue weighted by Crippen LogP contribution is -2.08. The molecule has 0 spiro atoms. The van der Waals surface area contributed by atoms with Crippen molar-refractivity contribution in [2.75, 3.05) is 11.6 Å². The van der Waals surface area contributed by atoms with Crippen LogP contribution in [0.4, 0.5) is 10.5 Å². The molecule has 5 nitrogen and oxygen atoms in total. The molecule has 0 radical (unpaired) electrons. The second-order valence-corrected chi connectivity index (χ2v) is 5.71. The second-order valence-electron chi connectivity index (χ2n) is 2.84. The van der Waals surface area contributed by atoms with Crippen LogP contribution in [-0.2, 0) is 9.84 Å². The smallest absolute Gasteiger partial charge is 0.409 e. The van der Waals surface area contributed by atoms with Gasteiger partial charge >= 0.3 is 6.09 Å². The Bertz CT molecular complexity index is 497. The number of carbonyl (C=O) groups is 1. The first kappa shape index (κ1) is 12.0. The van der Waals surface area contributed by atoms with E-state index in [-0.39, 0.29) is 10.6 Å². The van der Waals surface area contributed by atoms with E-state index in [0.29, 0.717) is 4.47 Å². The molecular weight excluding hydrogens is 286 g/mol. The zero-order valence-electron chi connectivity index (χ0n) is 7.69. The van der Waals surface area contributed by atoms with E-state index in [4.69, 9.17) is 5.11 Å². The minimum absolute atomic E-state index is 0.0643. The molecule has 0 aromatic heterocycles. The van der Waals surface area contributed by atoms with E-state index >= 15 is 0 Å². The van der Waals surface area contributed by atoms with Gasteiger partial charge in [-0.3, -0.25) is 5.32 Å². The van der Waals surface area contributed by atoms with Crippen LogP contribution in [0.5, 0.6) is 0 Å². The van der Waals surface area contributed by atoms with Crippen molar-refractivity contribution < 1.29 is 18.3 Å². The lowest BCUT2D eigenvalue weighted by Gasteiger charge is -2.05. The van der Waals surface area contributed by atoms with Gasteiger partial charge in [0.25, 0.3) is 0 Å². The average molecular weight is 294 g/mol. The quantitative estimate of drug-likeness (QED) is 0.873. The summed E-state index contributed by atoms with van der Waals surface area (Å²) in [6, 6.07) is 4.13. The third-order valence-corrected chi connectivity index (χ3v) is 3.41. The maximum absolute atomic E-state index is 11.2. The highest BCUT2D eigenvalue weighted by Crippen LogP contribution is 2.25. The Balaban J connectivity index is 3.23. The van der Waals surface area contributed by atoms with Crippen LogP contribution in [0, 0.1) is 0 Å². The number of anilines is 1. The number of nitrogens with one attached hydrogen (secondary N) is 1. The maximum Gasteiger partial charge on any atom is 0.409 e. The monoisotopic (exact) mass is 293 g/mol. The van der Waals surface area contributed by atoms with Crippen LogP contribution in [0.15, 0.2) is 27.6 Å². The zero-order valence-corrected chi connectivity index (χ0v) is 10.1. The van der Waals surface area contributed by atoms with Crippen molar-refractivity contribution in [2.24, 2.45) is 0 Å². The first-order valence-electron chi connectivity index (χ1n) is 3.80. The SMILES string of the molecule is CS(=O)(=O)c1ccc(Br)c(NC(=O)O)c1. The standard InChI is InChI=1S/C8H8BrNO4S/c1-15(13,14)5-2-3-6(9)7(4-5)10-8(11)12/h2-4,10H,1H3,(H,11,12). The van der Waals surface area contributed by atoms with Gasteiger partial charge in [0.2, 0.25) is 0 Å². The molecule has 0 heterocycles. The molecule has 0 unspecified atom stereocenters. The zero-order chi connectivity index (χ0) is 11.6. The van der Waals surface area contributed by atoms with Crippen LogP contribution in [0.2, 0.25) is 0 Å². The third-order valence-electron chi connectivity index (χ3n) is 1.61. The van der Waals surface area contributed by atoms with Crippen molar-refractivity contribution in [2.45, 2.75) is 4.90 Å². The van der Waals surface area contributed by atoms with Crippen molar-refractivity contribution in [1.29, 1.82) is 0 Å². The van der Waals surface area contributed by atoms with E-state index in [1.165, 1.54) is 18.2 Å². The number of carboxylic acid groups (broad SMARTS) is 1. The van der Waals surface area contributed by atoms with Gasteiger partial charge in [0.1, 0.15) is 0 Å². The first-order chi connectivity index (χ1) is 6.80. The molecule has 0 aliphatic heterocycles. The molecule has 0 fully saturated rings. The minimum Gasteiger partial charge on any atom is -0.465 e. The van der Waals surface area contributed by atoms with Crippen molar-refractivity contribution in [3.05, 3.63) is 22.7 Å². The Kier molecular flexibility index (Phi) is 3.35. The summed E-state index contributed by atoms with van der Waals surface area (Å²) in [5.74, 6) is 0. The Morgan fingerprint density at radius 2 is 2.07 bits per heavy atom. The molecule has 0 atom stereocenters. The highest BCUT2D eigenvalue weighted by molar-refractivity contribution is 9.10. The van der Waals surface area contributed by atoms with E-state index < -0.39 is 15.9 Å². The molecule has 0 bridgehead atoms. The van der Waals surface area contributed by atoms with Gasteiger partial charge in [-0.15, -0.1) is 0 Å². The number of amides is 1. The predicted octanol–water partition coefficient (Wildman–Crippen LogP) is 1.94. The van der Waals surface area contributed by atoms with E-state index in [9.17, 15) is 13.2 Å². The first-order valence-corrected chi connectivity index (χ1v) is 6.48. The van der Waals surface area contributed by atoms with Gasteiger partial charge in [0.05, 0.1) is 10.6 Å². The van der Waals surface area contributed by atoms with Gasteiger partial charge in [-0.05, 0) is 34.1 Å². The molecule has 2 N–H and O–H groups in total. The number of benzene rings is 1. The van der Waals surface area contributed by atoms with Crippen molar-refractivity contribution in [3.63, 3.8) is 0 Å². The van der Waals surface area contributed by atoms with Crippen LogP contribution in [0.25, 0.3) is 0 Å². The molecule has 7 heteroatoms. The van der Waals surface area contributed by atoms with Crippen molar-refractivity contribution in [3.8, 4) is 0 Å². The average Bonchev–Trinajstić information content (AvgIpc) is 2.06. The lowest BCUT2D eigenvalue weighted by molar-refractivity contribution is 0.209. The molecule has 0 saturated heterocycles. The highest BCUT2D eigenvalue weighted by atomic mass is 79.9. The van der Waals surface area contributed by atoms with Gasteiger partial charge in [-0.1, -0.05) is 0 Å². The number of rotatable bonds is 2. The summed E-state index contributed by atoms with van der Waals surface area (Å²) in [6.45, 7) is 0. The molecule has 1 amide bonds. The summed E-state index contributed by atoms with van der Waals surface area (Å²) >= 11 is 3.11. The van der Waals surface area contributed by atoms with Crippen molar-refractivity contribution in [1.82, 2.24) is 0 Å². The fourth-order valence-corrected chi connectivity index (χ4v) is 1.94. The van der Waals surface area contributed by atoms with Crippen LogP contribution < -0.4 is 5.32 Å². The van der Waals surface area contributed by atoms with Gasteiger partial charge in [-0.2, -0.15) is 0 Å². The normalized spacial score (nSPS) is 11.1. The number of halogens is 1. The number of hydrogen-bond acceptors (Lipinski definition) is 3. The third kappa shape index (κ3) is 3.21. The molecule has 15 heavy (non-hydrogen) atoms. The molecule has 82 valence electrons. The summed E-state index contributed by atoms with van der Waals surface area (Å²) in [5.41, 5.74) is 0.199. The van der Waals surface area contributed by atoms with Crippen molar-refractivity contribution >= 4 is 37.5 Å². The van der Waals surface area contributed by atoms with E-state index in [2.05, 4.69) is 21.2 Å². The largest absolute Gasteiger partial charge is 0.465 e. The topological polar surface area (TPSA) is 83.5 Å². The minimum atomic E-state index is -3.33. The fraction of sp³-hybridized carbons (Fsp3) is 0.125. The van der Waals surface area contributed by atoms with Gasteiger partial charge in [0, 0.05) is 10.7 Å². The summed E-state index contributed by atoms with van der Waals surface area (Å²) in [6.07, 6.45) is -0.192. The summed E-state index contributed by atoms with van der Waals surface area (Å²) in [7, 11) is -3.33. The lowest BCUT2D eigenvalue weighted by atomic mass is 10.3. The molecule has 0 aliphatic rings. The van der Waals surface area contributed by atoms with Crippen LogP contribution >= 0.6 is 15.9 Å². The molecule has 0 saturated carbocycles. The van der Waals surface area contributed by atoms with Gasteiger partial charge < -0.3 is 5.11 Å². The van der Waals surface area contributed by atoms with Crippen LogP contribution in [0.3, 0.4) is 0 Å². The Hall–Kier alpha value is -1.08. The van der Waals surface area contributed by atoms with E-state index in [1.54, 1.807) is 0 Å². The molecule has 1 aromatic carbocycles. The van der Waals surface area contributed by atoms with E-state index in [0.717, 1.165) is 6.26 Å². The second kappa shape index (κ2) is 4.19. The van der Waals surface area contributed by atoms with Crippen LogP contribution in [-0.4, -0.2) is 25.9 Å². The number of hydrogen-bond donors (Lipinski definition) is 2. The molecule has 1 aromatic rings. The Labute approximate surface area is 95.2 Å². The fourth-order valence-electron chi connectivity index (χ4n) is 0.946. The highest BCUT2D eigenvalue weighted by Gasteiger charge is 2.11. The van der Waals surface area contributed by atoms with Gasteiger partial charge in [0.15, 0.2) is 9.84 Å².